The van der Waals surface area contributed by atoms with E-state index in [4.69, 9.17) is 9.47 Å². The van der Waals surface area contributed by atoms with E-state index in [9.17, 15) is 0 Å². The highest BCUT2D eigenvalue weighted by atomic mass is 127. The summed E-state index contributed by atoms with van der Waals surface area (Å²) in [6.07, 6.45) is 0. The van der Waals surface area contributed by atoms with Gasteiger partial charge in [-0.25, -0.2) is 4.98 Å². The lowest BCUT2D eigenvalue weighted by Crippen LogP contribution is -2.46. The second-order valence-corrected chi connectivity index (χ2v) is 7.54. The summed E-state index contributed by atoms with van der Waals surface area (Å²) in [6.45, 7) is 6.89. The highest BCUT2D eigenvalue weighted by Crippen LogP contribution is 2.23. The molecule has 1 atom stereocenters. The molecule has 1 unspecified atom stereocenters. The van der Waals surface area contributed by atoms with Gasteiger partial charge in [0.1, 0.15) is 5.75 Å². The first-order valence-corrected chi connectivity index (χ1v) is 10.4. The van der Waals surface area contributed by atoms with Crippen LogP contribution in [-0.4, -0.2) is 62.8 Å². The second kappa shape index (κ2) is 12.3. The molecule has 1 aromatic carbocycles. The Kier molecular flexibility index (Phi) is 10.1. The summed E-state index contributed by atoms with van der Waals surface area (Å²) in [6, 6.07) is 8.54. The van der Waals surface area contributed by atoms with Crippen LogP contribution >= 0.6 is 35.3 Å². The average Bonchev–Trinajstić information content (AvgIpc) is 3.16. The van der Waals surface area contributed by atoms with Crippen LogP contribution in [0.1, 0.15) is 22.2 Å². The third-order valence-electron chi connectivity index (χ3n) is 4.93. The molecule has 0 saturated carbocycles. The number of halogens is 1. The van der Waals surface area contributed by atoms with E-state index >= 15 is 0 Å². The van der Waals surface area contributed by atoms with Gasteiger partial charge in [0.25, 0.3) is 0 Å². The fraction of sp³-hybridized carbons (Fsp3) is 0.500. The number of benzene rings is 1. The van der Waals surface area contributed by atoms with E-state index in [1.54, 1.807) is 25.5 Å². The summed E-state index contributed by atoms with van der Waals surface area (Å²) in [7, 11) is 3.49. The van der Waals surface area contributed by atoms with Crippen LogP contribution in [0.4, 0.5) is 0 Å². The molecule has 3 rings (SSSR count). The van der Waals surface area contributed by atoms with Crippen LogP contribution in [0.5, 0.6) is 5.75 Å². The summed E-state index contributed by atoms with van der Waals surface area (Å²) in [5.41, 5.74) is 4.20. The van der Waals surface area contributed by atoms with E-state index in [0.717, 1.165) is 56.8 Å². The Morgan fingerprint density at radius 3 is 2.59 bits per heavy atom. The number of aliphatic imine (C=N–C) groups is 1. The number of thiazole rings is 1. The molecular formula is C20H30IN5O2S. The van der Waals surface area contributed by atoms with Crippen molar-refractivity contribution >= 4 is 41.3 Å². The average molecular weight is 531 g/mol. The van der Waals surface area contributed by atoms with Gasteiger partial charge in [0.05, 0.1) is 44.1 Å². The molecular weight excluding hydrogens is 501 g/mol. The SMILES string of the molecule is CN=C(NCc1scnc1C)NCC(c1ccc(OC)cc1)N1CCOCC1.I. The highest BCUT2D eigenvalue weighted by molar-refractivity contribution is 14.0. The predicted octanol–water partition coefficient (Wildman–Crippen LogP) is 2.82. The normalized spacial score (nSPS) is 16.0. The number of guanidine groups is 1. The van der Waals surface area contributed by atoms with Gasteiger partial charge >= 0.3 is 0 Å². The Morgan fingerprint density at radius 1 is 1.28 bits per heavy atom. The zero-order chi connectivity index (χ0) is 19.8. The zero-order valence-corrected chi connectivity index (χ0v) is 20.3. The van der Waals surface area contributed by atoms with Gasteiger partial charge in [-0.15, -0.1) is 35.3 Å². The largest absolute Gasteiger partial charge is 0.497 e. The molecule has 1 aromatic heterocycles. The Balaban J connectivity index is 0.00000300. The fourth-order valence-electron chi connectivity index (χ4n) is 3.25. The van der Waals surface area contributed by atoms with Crippen molar-refractivity contribution in [2.45, 2.75) is 19.5 Å². The quantitative estimate of drug-likeness (QED) is 0.326. The standard InChI is InChI=1S/C20H29N5O2S.HI/c1-15-19(28-14-24-15)13-23-20(21-2)22-12-18(25-8-10-27-11-9-25)16-4-6-17(26-3)7-5-16;/h4-7,14,18H,8-13H2,1-3H3,(H2,21,22,23);1H. The van der Waals surface area contributed by atoms with Crippen LogP contribution in [0.2, 0.25) is 0 Å². The minimum Gasteiger partial charge on any atom is -0.497 e. The van der Waals surface area contributed by atoms with Crippen LogP contribution in [0.25, 0.3) is 0 Å². The number of nitrogens with zero attached hydrogens (tertiary/aromatic N) is 3. The van der Waals surface area contributed by atoms with Crippen LogP contribution in [-0.2, 0) is 11.3 Å². The van der Waals surface area contributed by atoms with Crippen molar-refractivity contribution in [2.75, 3.05) is 47.0 Å². The molecule has 7 nitrogen and oxygen atoms in total. The first-order chi connectivity index (χ1) is 13.7. The summed E-state index contributed by atoms with van der Waals surface area (Å²) in [5.74, 6) is 1.66. The molecule has 9 heteroatoms. The Morgan fingerprint density at radius 2 is 2.00 bits per heavy atom. The molecule has 0 radical (unpaired) electrons. The molecule has 1 saturated heterocycles. The number of methoxy groups -OCH3 is 1. The molecule has 0 aliphatic carbocycles. The van der Waals surface area contributed by atoms with E-state index in [1.165, 1.54) is 10.4 Å². The summed E-state index contributed by atoms with van der Waals surface area (Å²) < 4.78 is 10.8. The molecule has 29 heavy (non-hydrogen) atoms. The van der Waals surface area contributed by atoms with E-state index < -0.39 is 0 Å². The van der Waals surface area contributed by atoms with E-state index in [2.05, 4.69) is 37.6 Å². The lowest BCUT2D eigenvalue weighted by Gasteiger charge is -2.35. The minimum atomic E-state index is 0. The Labute approximate surface area is 193 Å². The summed E-state index contributed by atoms with van der Waals surface area (Å²) in [5, 5.41) is 6.87. The number of ether oxygens (including phenoxy) is 2. The minimum absolute atomic E-state index is 0. The van der Waals surface area contributed by atoms with E-state index in [0.29, 0.717) is 0 Å². The highest BCUT2D eigenvalue weighted by Gasteiger charge is 2.23. The maximum Gasteiger partial charge on any atom is 0.191 e. The van der Waals surface area contributed by atoms with E-state index in [1.807, 2.05) is 24.6 Å². The molecule has 0 spiro atoms. The summed E-state index contributed by atoms with van der Waals surface area (Å²) in [4.78, 5) is 12.4. The molecule has 0 amide bonds. The maximum atomic E-state index is 5.54. The van der Waals surface area contributed by atoms with E-state index in [-0.39, 0.29) is 30.0 Å². The maximum absolute atomic E-state index is 5.54. The monoisotopic (exact) mass is 531 g/mol. The lowest BCUT2D eigenvalue weighted by atomic mass is 10.0. The molecule has 1 aliphatic rings. The van der Waals surface area contributed by atoms with Gasteiger partial charge in [-0.3, -0.25) is 9.89 Å². The third-order valence-corrected chi connectivity index (χ3v) is 5.87. The number of aromatic nitrogens is 1. The van der Waals surface area contributed by atoms with Crippen LogP contribution in [0, 0.1) is 6.92 Å². The van der Waals surface area contributed by atoms with Crippen molar-refractivity contribution in [3.8, 4) is 5.75 Å². The first-order valence-electron chi connectivity index (χ1n) is 9.50. The number of nitrogens with one attached hydrogen (secondary N) is 2. The number of hydrogen-bond donors (Lipinski definition) is 2. The van der Waals surface area contributed by atoms with Crippen LogP contribution in [0.3, 0.4) is 0 Å². The number of aryl methyl sites for hydroxylation is 1. The zero-order valence-electron chi connectivity index (χ0n) is 17.2. The molecule has 2 N–H and O–H groups in total. The van der Waals surface area contributed by atoms with Crippen LogP contribution in [0.15, 0.2) is 34.8 Å². The predicted molar refractivity (Wildman–Crippen MR) is 129 cm³/mol. The van der Waals surface area contributed by atoms with Crippen LogP contribution < -0.4 is 15.4 Å². The fourth-order valence-corrected chi connectivity index (χ4v) is 3.96. The molecule has 1 aliphatic heterocycles. The third kappa shape index (κ3) is 6.80. The number of morpholine rings is 1. The van der Waals surface area contributed by atoms with Crippen molar-refractivity contribution < 1.29 is 9.47 Å². The van der Waals surface area contributed by atoms with Gasteiger partial charge in [-0.05, 0) is 24.6 Å². The van der Waals surface area contributed by atoms with Gasteiger partial charge in [-0.2, -0.15) is 0 Å². The Hall–Kier alpha value is -1.43. The van der Waals surface area contributed by atoms with Crippen molar-refractivity contribution in [2.24, 2.45) is 4.99 Å². The molecule has 2 aromatic rings. The number of hydrogen-bond acceptors (Lipinski definition) is 6. The first kappa shape index (κ1) is 23.8. The Bertz CT molecular complexity index is 762. The molecule has 1 fully saturated rings. The lowest BCUT2D eigenvalue weighted by molar-refractivity contribution is 0.0170. The molecule has 0 bridgehead atoms. The van der Waals surface area contributed by atoms with Gasteiger partial charge in [0.2, 0.25) is 0 Å². The van der Waals surface area contributed by atoms with Crippen molar-refractivity contribution in [1.82, 2.24) is 20.5 Å². The van der Waals surface area contributed by atoms with Crippen molar-refractivity contribution in [3.63, 3.8) is 0 Å². The van der Waals surface area contributed by atoms with Gasteiger partial charge in [0.15, 0.2) is 5.96 Å². The topological polar surface area (TPSA) is 71.0 Å². The molecule has 160 valence electrons. The second-order valence-electron chi connectivity index (χ2n) is 6.60. The smallest absolute Gasteiger partial charge is 0.191 e. The van der Waals surface area contributed by atoms with Gasteiger partial charge < -0.3 is 20.1 Å². The van der Waals surface area contributed by atoms with Gasteiger partial charge in [-0.1, -0.05) is 12.1 Å². The van der Waals surface area contributed by atoms with Crippen molar-refractivity contribution in [1.29, 1.82) is 0 Å². The summed E-state index contributed by atoms with van der Waals surface area (Å²) >= 11 is 1.66. The van der Waals surface area contributed by atoms with Crippen molar-refractivity contribution in [3.05, 3.63) is 45.9 Å². The number of rotatable bonds is 7. The molecule has 2 heterocycles. The van der Waals surface area contributed by atoms with Gasteiger partial charge in [0, 0.05) is 31.6 Å².